The minimum atomic E-state index is 0.611. The van der Waals surface area contributed by atoms with Crippen molar-refractivity contribution >= 4 is 43.4 Å². The lowest BCUT2D eigenvalue weighted by atomic mass is 9.97. The average Bonchev–Trinajstić information content (AvgIpc) is 3.88. The summed E-state index contributed by atoms with van der Waals surface area (Å²) >= 11 is 0. The van der Waals surface area contributed by atoms with Crippen LogP contribution in [0.5, 0.6) is 0 Å². The molecule has 13 rings (SSSR count). The van der Waals surface area contributed by atoms with Gasteiger partial charge in [-0.05, 0) is 91.0 Å². The maximum absolute atomic E-state index is 5.28. The Bertz CT molecular complexity index is 3690. The minimum absolute atomic E-state index is 0.611. The first-order chi connectivity index (χ1) is 31.2. The maximum atomic E-state index is 5.28. The Balaban J connectivity index is 1.05. The van der Waals surface area contributed by atoms with Gasteiger partial charge in [0.2, 0.25) is 0 Å². The molecule has 0 radical (unpaired) electrons. The highest BCUT2D eigenvalue weighted by Crippen LogP contribution is 2.51. The number of hydrogen-bond donors (Lipinski definition) is 0. The summed E-state index contributed by atoms with van der Waals surface area (Å²) in [6.45, 7) is 0. The fraction of sp³-hybridized carbons (Fsp3) is 0. The van der Waals surface area contributed by atoms with Crippen molar-refractivity contribution < 1.29 is 0 Å². The summed E-state index contributed by atoms with van der Waals surface area (Å²) in [7, 11) is 0. The van der Waals surface area contributed by atoms with Crippen LogP contribution in [-0.4, -0.2) is 19.5 Å². The van der Waals surface area contributed by atoms with Crippen molar-refractivity contribution in [2.75, 3.05) is 0 Å². The third-order valence-electron chi connectivity index (χ3n) is 12.7. The molecule has 0 unspecified atom stereocenters. The van der Waals surface area contributed by atoms with Crippen molar-refractivity contribution in [1.82, 2.24) is 19.5 Å². The topological polar surface area (TPSA) is 43.6 Å². The van der Waals surface area contributed by atoms with Crippen LogP contribution in [-0.2, 0) is 0 Å². The van der Waals surface area contributed by atoms with Gasteiger partial charge in [0.25, 0.3) is 0 Å². The second kappa shape index (κ2) is 14.1. The monoisotopic (exact) mass is 800 g/mol. The summed E-state index contributed by atoms with van der Waals surface area (Å²) in [5.41, 5.74) is 15.8. The standard InChI is InChI=1S/C59H36N4/c1-3-15-37(16-4-1)40-20-11-22-42(33-40)57-60-58(43-23-12-21-41(34-43)38-17-5-2-6-18-38)62-59(61-57)44-24-13-25-45(35-44)63-53-36-52-48-28-10-9-27-47(48)49-29-14-30-50(54(49)52)55(53)51-32-31-39-19-7-8-26-46(39)56(51)63/h1-36H. The van der Waals surface area contributed by atoms with E-state index in [0.29, 0.717) is 17.5 Å². The number of hydrogen-bond acceptors (Lipinski definition) is 3. The highest BCUT2D eigenvalue weighted by molar-refractivity contribution is 6.31. The Morgan fingerprint density at radius 1 is 0.286 bits per heavy atom. The van der Waals surface area contributed by atoms with E-state index in [1.165, 1.54) is 65.6 Å². The van der Waals surface area contributed by atoms with Crippen molar-refractivity contribution in [3.05, 3.63) is 218 Å². The molecule has 12 aromatic rings. The average molecular weight is 801 g/mol. The highest BCUT2D eigenvalue weighted by atomic mass is 15.0. The van der Waals surface area contributed by atoms with Crippen molar-refractivity contribution in [2.24, 2.45) is 0 Å². The molecule has 0 N–H and O–H groups in total. The molecular formula is C59H36N4. The Hall–Kier alpha value is -8.47. The van der Waals surface area contributed by atoms with Gasteiger partial charge in [-0.1, -0.05) is 188 Å². The Labute approximate surface area is 364 Å². The van der Waals surface area contributed by atoms with Crippen LogP contribution in [0.4, 0.5) is 0 Å². The minimum Gasteiger partial charge on any atom is -0.309 e. The third kappa shape index (κ3) is 5.66. The smallest absolute Gasteiger partial charge is 0.164 e. The summed E-state index contributed by atoms with van der Waals surface area (Å²) < 4.78 is 2.47. The normalized spacial score (nSPS) is 11.8. The molecule has 0 atom stereocenters. The summed E-state index contributed by atoms with van der Waals surface area (Å²) in [6, 6.07) is 78.0. The van der Waals surface area contributed by atoms with Crippen LogP contribution in [0.15, 0.2) is 218 Å². The summed E-state index contributed by atoms with van der Waals surface area (Å²) in [4.78, 5) is 15.8. The third-order valence-corrected chi connectivity index (χ3v) is 12.7. The molecule has 4 nitrogen and oxygen atoms in total. The van der Waals surface area contributed by atoms with Crippen LogP contribution in [0.2, 0.25) is 0 Å². The molecule has 0 fully saturated rings. The van der Waals surface area contributed by atoms with Gasteiger partial charge < -0.3 is 4.57 Å². The second-order valence-electron chi connectivity index (χ2n) is 16.4. The largest absolute Gasteiger partial charge is 0.309 e. The van der Waals surface area contributed by atoms with Gasteiger partial charge in [-0.25, -0.2) is 15.0 Å². The summed E-state index contributed by atoms with van der Waals surface area (Å²) in [5, 5.41) is 7.50. The lowest BCUT2D eigenvalue weighted by Crippen LogP contribution is -2.01. The number of benzene rings is 10. The van der Waals surface area contributed by atoms with Gasteiger partial charge in [0.05, 0.1) is 11.0 Å². The van der Waals surface area contributed by atoms with Crippen LogP contribution < -0.4 is 0 Å². The molecule has 10 aromatic carbocycles. The number of nitrogens with zero attached hydrogens (tertiary/aromatic N) is 4. The van der Waals surface area contributed by atoms with Gasteiger partial charge in [0, 0.05) is 38.5 Å². The maximum Gasteiger partial charge on any atom is 0.164 e. The van der Waals surface area contributed by atoms with E-state index in [9.17, 15) is 0 Å². The fourth-order valence-electron chi connectivity index (χ4n) is 9.89. The number of aromatic nitrogens is 4. The predicted octanol–water partition coefficient (Wildman–Crippen LogP) is 15.3. The lowest BCUT2D eigenvalue weighted by molar-refractivity contribution is 1.07. The fourth-order valence-corrected chi connectivity index (χ4v) is 9.89. The Morgan fingerprint density at radius 2 is 0.778 bits per heavy atom. The number of fused-ring (bicyclic) bond motifs is 9. The molecule has 4 heteroatoms. The van der Waals surface area contributed by atoms with Gasteiger partial charge in [-0.15, -0.1) is 0 Å². The molecule has 0 spiro atoms. The van der Waals surface area contributed by atoms with E-state index in [-0.39, 0.29) is 0 Å². The molecule has 2 aromatic heterocycles. The van der Waals surface area contributed by atoms with Crippen molar-refractivity contribution in [1.29, 1.82) is 0 Å². The molecule has 0 saturated heterocycles. The van der Waals surface area contributed by atoms with Crippen molar-refractivity contribution in [3.63, 3.8) is 0 Å². The first-order valence-corrected chi connectivity index (χ1v) is 21.4. The summed E-state index contributed by atoms with van der Waals surface area (Å²) in [5.74, 6) is 1.85. The molecule has 1 aliphatic rings. The van der Waals surface area contributed by atoms with Gasteiger partial charge in [0.1, 0.15) is 0 Å². The quantitative estimate of drug-likeness (QED) is 0.168. The highest BCUT2D eigenvalue weighted by Gasteiger charge is 2.26. The van der Waals surface area contributed by atoms with E-state index < -0.39 is 0 Å². The lowest BCUT2D eigenvalue weighted by Gasteiger charge is -2.13. The first-order valence-electron chi connectivity index (χ1n) is 21.4. The van der Waals surface area contributed by atoms with Crippen LogP contribution in [0.3, 0.4) is 0 Å². The molecule has 0 amide bonds. The second-order valence-corrected chi connectivity index (χ2v) is 16.4. The van der Waals surface area contributed by atoms with E-state index in [4.69, 9.17) is 15.0 Å². The van der Waals surface area contributed by atoms with Gasteiger partial charge in [-0.2, -0.15) is 0 Å². The van der Waals surface area contributed by atoms with E-state index in [2.05, 4.69) is 211 Å². The Morgan fingerprint density at radius 3 is 1.44 bits per heavy atom. The SMILES string of the molecule is c1ccc(-c2cccc(-c3nc(-c4cccc(-c5ccccc5)c4)nc(-c4cccc(-n5c6cc7c8c(cccc8c6c6ccc8ccccc8c65)-c5ccccc5-7)c4)n3)c2)cc1. The number of rotatable bonds is 6. The zero-order chi connectivity index (χ0) is 41.4. The molecule has 292 valence electrons. The molecule has 2 heterocycles. The zero-order valence-corrected chi connectivity index (χ0v) is 34.1. The van der Waals surface area contributed by atoms with Crippen LogP contribution in [0.1, 0.15) is 0 Å². The predicted molar refractivity (Wildman–Crippen MR) is 261 cm³/mol. The molecule has 1 aliphatic carbocycles. The van der Waals surface area contributed by atoms with Crippen LogP contribution >= 0.6 is 0 Å². The van der Waals surface area contributed by atoms with Gasteiger partial charge in [0.15, 0.2) is 17.5 Å². The van der Waals surface area contributed by atoms with Crippen molar-refractivity contribution in [2.45, 2.75) is 0 Å². The molecule has 0 saturated carbocycles. The van der Waals surface area contributed by atoms with E-state index in [1.54, 1.807) is 0 Å². The first kappa shape index (κ1) is 35.3. The van der Waals surface area contributed by atoms with E-state index in [1.807, 2.05) is 12.1 Å². The molecule has 63 heavy (non-hydrogen) atoms. The van der Waals surface area contributed by atoms with Gasteiger partial charge in [-0.3, -0.25) is 0 Å². The van der Waals surface area contributed by atoms with Crippen LogP contribution in [0.25, 0.3) is 128 Å². The molecule has 0 aliphatic heterocycles. The Kier molecular flexibility index (Phi) is 7.87. The van der Waals surface area contributed by atoms with E-state index >= 15 is 0 Å². The van der Waals surface area contributed by atoms with Gasteiger partial charge >= 0.3 is 0 Å². The molecular weight excluding hydrogens is 765 g/mol. The van der Waals surface area contributed by atoms with E-state index in [0.717, 1.165) is 44.6 Å². The summed E-state index contributed by atoms with van der Waals surface area (Å²) in [6.07, 6.45) is 0. The molecule has 0 bridgehead atoms. The van der Waals surface area contributed by atoms with Crippen molar-refractivity contribution in [3.8, 4) is 84.4 Å². The zero-order valence-electron chi connectivity index (χ0n) is 34.1. The van der Waals surface area contributed by atoms with Crippen LogP contribution in [0, 0.1) is 0 Å².